The molecule has 0 bridgehead atoms. The number of aryl methyl sites for hydroxylation is 1. The summed E-state index contributed by atoms with van der Waals surface area (Å²) in [6, 6.07) is 12.7. The number of hydrogen-bond donors (Lipinski definition) is 1. The molecule has 2 aromatic rings. The first-order chi connectivity index (χ1) is 13.8. The largest absolute Gasteiger partial charge is 0.490 e. The number of carbonyl (C=O) groups excluding carboxylic acids is 2. The average molecular weight is 394 g/mol. The third kappa shape index (κ3) is 4.77. The standard InChI is InChI=1S/C23H26N2O4/c1-5-12-25-19-13-17(8-11-20(19)29-15-23(3,4)22(25)27)24-21(26)14-28-18-9-6-16(2)7-10-18/h5-11,13H,1,12,14-15H2,2-4H3,(H,24,26). The molecule has 0 aliphatic carbocycles. The van der Waals surface area contributed by atoms with Crippen molar-refractivity contribution in [3.8, 4) is 11.5 Å². The number of amides is 2. The van der Waals surface area contributed by atoms with Gasteiger partial charge in [-0.25, -0.2) is 0 Å². The van der Waals surface area contributed by atoms with Crippen molar-refractivity contribution in [3.63, 3.8) is 0 Å². The molecule has 0 unspecified atom stereocenters. The molecule has 0 fully saturated rings. The molecule has 1 aliphatic heterocycles. The Morgan fingerprint density at radius 3 is 2.69 bits per heavy atom. The lowest BCUT2D eigenvalue weighted by Gasteiger charge is -2.27. The Balaban J connectivity index is 1.74. The van der Waals surface area contributed by atoms with Crippen LogP contribution in [0.1, 0.15) is 19.4 Å². The molecular weight excluding hydrogens is 368 g/mol. The van der Waals surface area contributed by atoms with E-state index in [1.165, 1.54) is 0 Å². The van der Waals surface area contributed by atoms with Crippen molar-refractivity contribution in [2.45, 2.75) is 20.8 Å². The SMILES string of the molecule is C=CCN1C(=O)C(C)(C)COc2ccc(NC(=O)COc3ccc(C)cc3)cc21. The number of nitrogens with one attached hydrogen (secondary N) is 1. The van der Waals surface area contributed by atoms with Crippen molar-refractivity contribution in [3.05, 3.63) is 60.7 Å². The number of rotatable bonds is 6. The number of hydrogen-bond acceptors (Lipinski definition) is 4. The van der Waals surface area contributed by atoms with Crippen molar-refractivity contribution in [1.29, 1.82) is 0 Å². The van der Waals surface area contributed by atoms with E-state index in [0.29, 0.717) is 29.4 Å². The van der Waals surface area contributed by atoms with Crippen molar-refractivity contribution in [2.75, 3.05) is 30.0 Å². The van der Waals surface area contributed by atoms with Crippen LogP contribution in [-0.4, -0.2) is 31.6 Å². The lowest BCUT2D eigenvalue weighted by atomic mass is 9.93. The number of nitrogens with zero attached hydrogens (tertiary/aromatic N) is 1. The fourth-order valence-corrected chi connectivity index (χ4v) is 3.01. The zero-order chi connectivity index (χ0) is 21.0. The van der Waals surface area contributed by atoms with Crippen LogP contribution in [0, 0.1) is 12.3 Å². The van der Waals surface area contributed by atoms with E-state index in [0.717, 1.165) is 5.56 Å². The Morgan fingerprint density at radius 2 is 2.00 bits per heavy atom. The molecule has 0 radical (unpaired) electrons. The maximum absolute atomic E-state index is 12.9. The molecule has 1 aliphatic rings. The van der Waals surface area contributed by atoms with Gasteiger partial charge >= 0.3 is 0 Å². The molecule has 0 atom stereocenters. The van der Waals surface area contributed by atoms with Gasteiger partial charge in [0.15, 0.2) is 6.61 Å². The highest BCUT2D eigenvalue weighted by Crippen LogP contribution is 2.38. The molecule has 1 N–H and O–H groups in total. The molecule has 3 rings (SSSR count). The normalized spacial score (nSPS) is 15.0. The van der Waals surface area contributed by atoms with Crippen LogP contribution >= 0.6 is 0 Å². The van der Waals surface area contributed by atoms with Gasteiger partial charge in [0.1, 0.15) is 18.1 Å². The van der Waals surface area contributed by atoms with Gasteiger partial charge in [0.2, 0.25) is 5.91 Å². The minimum Gasteiger partial charge on any atom is -0.490 e. The maximum Gasteiger partial charge on any atom is 0.262 e. The highest BCUT2D eigenvalue weighted by Gasteiger charge is 2.37. The summed E-state index contributed by atoms with van der Waals surface area (Å²) >= 11 is 0. The monoisotopic (exact) mass is 394 g/mol. The van der Waals surface area contributed by atoms with Gasteiger partial charge < -0.3 is 19.7 Å². The smallest absolute Gasteiger partial charge is 0.262 e. The van der Waals surface area contributed by atoms with E-state index in [1.54, 1.807) is 29.2 Å². The maximum atomic E-state index is 12.9. The molecule has 6 heteroatoms. The Bertz CT molecular complexity index is 919. The van der Waals surface area contributed by atoms with Crippen LogP contribution in [0.5, 0.6) is 11.5 Å². The summed E-state index contributed by atoms with van der Waals surface area (Å²) < 4.78 is 11.4. The van der Waals surface area contributed by atoms with E-state index in [1.807, 2.05) is 45.0 Å². The van der Waals surface area contributed by atoms with Crippen LogP contribution in [0.2, 0.25) is 0 Å². The number of fused-ring (bicyclic) bond motifs is 1. The number of carbonyl (C=O) groups is 2. The summed E-state index contributed by atoms with van der Waals surface area (Å²) in [5, 5.41) is 2.81. The van der Waals surface area contributed by atoms with Gasteiger partial charge in [0, 0.05) is 12.2 Å². The van der Waals surface area contributed by atoms with E-state index >= 15 is 0 Å². The molecule has 6 nitrogen and oxygen atoms in total. The van der Waals surface area contributed by atoms with Crippen molar-refractivity contribution >= 4 is 23.2 Å². The Kier molecular flexibility index (Phi) is 5.92. The van der Waals surface area contributed by atoms with Gasteiger partial charge in [-0.1, -0.05) is 23.8 Å². The van der Waals surface area contributed by atoms with Crippen LogP contribution < -0.4 is 19.7 Å². The first-order valence-corrected chi connectivity index (χ1v) is 9.49. The predicted molar refractivity (Wildman–Crippen MR) is 114 cm³/mol. The molecule has 29 heavy (non-hydrogen) atoms. The Labute approximate surface area is 171 Å². The van der Waals surface area contributed by atoms with Crippen molar-refractivity contribution in [1.82, 2.24) is 0 Å². The van der Waals surface area contributed by atoms with Gasteiger partial charge in [0.25, 0.3) is 5.91 Å². The molecule has 2 amide bonds. The molecule has 0 saturated carbocycles. The van der Waals surface area contributed by atoms with E-state index in [-0.39, 0.29) is 25.0 Å². The summed E-state index contributed by atoms with van der Waals surface area (Å²) in [6.45, 7) is 9.96. The molecule has 0 saturated heterocycles. The van der Waals surface area contributed by atoms with Crippen LogP contribution in [0.3, 0.4) is 0 Å². The van der Waals surface area contributed by atoms with E-state index in [2.05, 4.69) is 11.9 Å². The summed E-state index contributed by atoms with van der Waals surface area (Å²) in [5.74, 6) is 0.884. The second-order valence-corrected chi connectivity index (χ2v) is 7.71. The number of anilines is 2. The predicted octanol–water partition coefficient (Wildman–Crippen LogP) is 3.95. The number of ether oxygens (including phenoxy) is 2. The molecule has 152 valence electrons. The lowest BCUT2D eigenvalue weighted by Crippen LogP contribution is -2.42. The van der Waals surface area contributed by atoms with E-state index in [4.69, 9.17) is 9.47 Å². The minimum absolute atomic E-state index is 0.0534. The van der Waals surface area contributed by atoms with Crippen molar-refractivity contribution < 1.29 is 19.1 Å². The Morgan fingerprint density at radius 1 is 1.28 bits per heavy atom. The van der Waals surface area contributed by atoms with E-state index in [9.17, 15) is 9.59 Å². The van der Waals surface area contributed by atoms with Crippen LogP contribution in [0.15, 0.2) is 55.1 Å². The molecule has 1 heterocycles. The average Bonchev–Trinajstić information content (AvgIpc) is 2.78. The molecule has 2 aromatic carbocycles. The zero-order valence-corrected chi connectivity index (χ0v) is 17.0. The zero-order valence-electron chi connectivity index (χ0n) is 17.0. The fourth-order valence-electron chi connectivity index (χ4n) is 3.01. The first kappa shape index (κ1) is 20.5. The van der Waals surface area contributed by atoms with Gasteiger partial charge in [-0.2, -0.15) is 0 Å². The van der Waals surface area contributed by atoms with Crippen LogP contribution in [0.25, 0.3) is 0 Å². The third-order valence-corrected chi connectivity index (χ3v) is 4.65. The Hall–Kier alpha value is -3.28. The van der Waals surface area contributed by atoms with Gasteiger partial charge in [-0.05, 0) is 51.1 Å². The topological polar surface area (TPSA) is 67.9 Å². The summed E-state index contributed by atoms with van der Waals surface area (Å²) in [5.41, 5.74) is 1.63. The summed E-state index contributed by atoms with van der Waals surface area (Å²) in [7, 11) is 0. The summed E-state index contributed by atoms with van der Waals surface area (Å²) in [4.78, 5) is 26.9. The minimum atomic E-state index is -0.659. The number of benzene rings is 2. The van der Waals surface area contributed by atoms with Gasteiger partial charge in [0.05, 0.1) is 11.1 Å². The van der Waals surface area contributed by atoms with Crippen LogP contribution in [0.4, 0.5) is 11.4 Å². The van der Waals surface area contributed by atoms with E-state index < -0.39 is 5.41 Å². The molecule has 0 aromatic heterocycles. The second-order valence-electron chi connectivity index (χ2n) is 7.71. The first-order valence-electron chi connectivity index (χ1n) is 9.49. The van der Waals surface area contributed by atoms with Crippen molar-refractivity contribution in [2.24, 2.45) is 5.41 Å². The highest BCUT2D eigenvalue weighted by atomic mass is 16.5. The second kappa shape index (κ2) is 8.39. The fraction of sp³-hybridized carbons (Fsp3) is 0.304. The van der Waals surface area contributed by atoms with Crippen LogP contribution in [-0.2, 0) is 9.59 Å². The molecule has 0 spiro atoms. The lowest BCUT2D eigenvalue weighted by molar-refractivity contribution is -0.127. The van der Waals surface area contributed by atoms with Gasteiger partial charge in [-0.3, -0.25) is 9.59 Å². The molecular formula is C23H26N2O4. The highest BCUT2D eigenvalue weighted by molar-refractivity contribution is 6.01. The quantitative estimate of drug-likeness (QED) is 0.754. The van der Waals surface area contributed by atoms with Gasteiger partial charge in [-0.15, -0.1) is 6.58 Å². The summed E-state index contributed by atoms with van der Waals surface area (Å²) in [6.07, 6.45) is 1.67. The third-order valence-electron chi connectivity index (χ3n) is 4.65.